The van der Waals surface area contributed by atoms with Gasteiger partial charge in [0.2, 0.25) is 0 Å². The second kappa shape index (κ2) is 4.87. The fourth-order valence-corrected chi connectivity index (χ4v) is 1.58. The van der Waals surface area contributed by atoms with Gasteiger partial charge in [-0.2, -0.15) is 0 Å². The first-order chi connectivity index (χ1) is 7.08. The van der Waals surface area contributed by atoms with Crippen LogP contribution >= 0.6 is 0 Å². The molecule has 0 amide bonds. The topological polar surface area (TPSA) is 18.5 Å². The Morgan fingerprint density at radius 3 is 2.40 bits per heavy atom. The number of methoxy groups -OCH3 is 2. The van der Waals surface area contributed by atoms with Crippen molar-refractivity contribution in [1.29, 1.82) is 0 Å². The van der Waals surface area contributed by atoms with Crippen molar-refractivity contribution >= 4 is 0 Å². The first kappa shape index (κ1) is 11.6. The molecule has 0 atom stereocenters. The zero-order valence-corrected chi connectivity index (χ0v) is 9.89. The molecule has 1 rings (SSSR count). The maximum Gasteiger partial charge on any atom is 0.126 e. The Morgan fingerprint density at radius 1 is 1.27 bits per heavy atom. The number of ether oxygens (including phenoxy) is 2. The standard InChI is InChI=1S/C13H18O2/c1-9(2)6-12-10(3)7-11(14-4)8-13(12)15-5/h7-8H,1,6H2,2-5H3. The van der Waals surface area contributed by atoms with E-state index in [9.17, 15) is 0 Å². The van der Waals surface area contributed by atoms with Crippen LogP contribution in [0.4, 0.5) is 0 Å². The zero-order chi connectivity index (χ0) is 11.4. The van der Waals surface area contributed by atoms with Gasteiger partial charge >= 0.3 is 0 Å². The van der Waals surface area contributed by atoms with Crippen LogP contribution in [0.5, 0.6) is 11.5 Å². The van der Waals surface area contributed by atoms with E-state index in [4.69, 9.17) is 9.47 Å². The van der Waals surface area contributed by atoms with E-state index in [0.29, 0.717) is 0 Å². The molecular formula is C13H18O2. The van der Waals surface area contributed by atoms with E-state index in [1.54, 1.807) is 14.2 Å². The molecule has 0 aliphatic rings. The van der Waals surface area contributed by atoms with E-state index in [1.807, 2.05) is 19.1 Å². The quantitative estimate of drug-likeness (QED) is 0.705. The summed E-state index contributed by atoms with van der Waals surface area (Å²) >= 11 is 0. The average Bonchev–Trinajstić information content (AvgIpc) is 2.20. The number of rotatable bonds is 4. The van der Waals surface area contributed by atoms with Crippen LogP contribution in [0.25, 0.3) is 0 Å². The van der Waals surface area contributed by atoms with Gasteiger partial charge < -0.3 is 9.47 Å². The minimum absolute atomic E-state index is 0.829. The number of allylic oxidation sites excluding steroid dienone is 1. The molecule has 2 nitrogen and oxygen atoms in total. The summed E-state index contributed by atoms with van der Waals surface area (Å²) in [5.41, 5.74) is 3.49. The van der Waals surface area contributed by atoms with Crippen LogP contribution in [-0.4, -0.2) is 14.2 Å². The SMILES string of the molecule is C=C(C)Cc1c(C)cc(OC)cc1OC. The van der Waals surface area contributed by atoms with Gasteiger partial charge in [0.25, 0.3) is 0 Å². The summed E-state index contributed by atoms with van der Waals surface area (Å²) in [7, 11) is 3.34. The van der Waals surface area contributed by atoms with E-state index in [2.05, 4.69) is 13.5 Å². The van der Waals surface area contributed by atoms with Crippen molar-refractivity contribution in [2.24, 2.45) is 0 Å². The number of benzene rings is 1. The summed E-state index contributed by atoms with van der Waals surface area (Å²) in [5, 5.41) is 0. The van der Waals surface area contributed by atoms with Crippen molar-refractivity contribution in [3.8, 4) is 11.5 Å². The molecule has 82 valence electrons. The molecule has 0 aliphatic heterocycles. The third-order valence-corrected chi connectivity index (χ3v) is 2.34. The summed E-state index contributed by atoms with van der Waals surface area (Å²) < 4.78 is 10.5. The van der Waals surface area contributed by atoms with E-state index in [1.165, 1.54) is 11.1 Å². The van der Waals surface area contributed by atoms with Crippen LogP contribution in [0.2, 0.25) is 0 Å². The summed E-state index contributed by atoms with van der Waals surface area (Å²) in [5.74, 6) is 1.70. The van der Waals surface area contributed by atoms with Crippen LogP contribution in [0.15, 0.2) is 24.3 Å². The lowest BCUT2D eigenvalue weighted by Gasteiger charge is -2.13. The highest BCUT2D eigenvalue weighted by atomic mass is 16.5. The lowest BCUT2D eigenvalue weighted by Crippen LogP contribution is -1.97. The van der Waals surface area contributed by atoms with Crippen molar-refractivity contribution in [1.82, 2.24) is 0 Å². The zero-order valence-electron chi connectivity index (χ0n) is 9.89. The molecule has 0 bridgehead atoms. The number of hydrogen-bond acceptors (Lipinski definition) is 2. The second-order valence-electron chi connectivity index (χ2n) is 3.76. The maximum atomic E-state index is 5.35. The molecule has 0 heterocycles. The molecule has 2 heteroatoms. The highest BCUT2D eigenvalue weighted by Crippen LogP contribution is 2.29. The molecule has 0 saturated carbocycles. The van der Waals surface area contributed by atoms with E-state index in [0.717, 1.165) is 23.5 Å². The van der Waals surface area contributed by atoms with Gasteiger partial charge in [0.1, 0.15) is 11.5 Å². The Kier molecular flexibility index (Phi) is 3.78. The van der Waals surface area contributed by atoms with Crippen molar-refractivity contribution in [3.63, 3.8) is 0 Å². The van der Waals surface area contributed by atoms with Gasteiger partial charge in [-0.25, -0.2) is 0 Å². The maximum absolute atomic E-state index is 5.35. The molecule has 0 spiro atoms. The second-order valence-corrected chi connectivity index (χ2v) is 3.76. The molecule has 0 aliphatic carbocycles. The molecule has 0 N–H and O–H groups in total. The van der Waals surface area contributed by atoms with Crippen LogP contribution < -0.4 is 9.47 Å². The van der Waals surface area contributed by atoms with Crippen molar-refractivity contribution in [2.45, 2.75) is 20.3 Å². The molecule has 0 unspecified atom stereocenters. The normalized spacial score (nSPS) is 9.87. The summed E-state index contributed by atoms with van der Waals surface area (Å²) in [4.78, 5) is 0. The largest absolute Gasteiger partial charge is 0.497 e. The van der Waals surface area contributed by atoms with Crippen LogP contribution in [0, 0.1) is 6.92 Å². The number of aryl methyl sites for hydroxylation is 1. The third kappa shape index (κ3) is 2.75. The molecule has 1 aromatic carbocycles. The molecular weight excluding hydrogens is 188 g/mol. The first-order valence-corrected chi connectivity index (χ1v) is 4.94. The van der Waals surface area contributed by atoms with Gasteiger partial charge in [0, 0.05) is 11.6 Å². The minimum atomic E-state index is 0.829. The summed E-state index contributed by atoms with van der Waals surface area (Å²) in [6.07, 6.45) is 0.846. The minimum Gasteiger partial charge on any atom is -0.497 e. The Labute approximate surface area is 91.5 Å². The Balaban J connectivity index is 3.18. The van der Waals surface area contributed by atoms with Crippen molar-refractivity contribution < 1.29 is 9.47 Å². The van der Waals surface area contributed by atoms with E-state index < -0.39 is 0 Å². The van der Waals surface area contributed by atoms with Gasteiger partial charge in [-0.1, -0.05) is 12.2 Å². The average molecular weight is 206 g/mol. The summed E-state index contributed by atoms with van der Waals surface area (Å²) in [6, 6.07) is 3.92. The van der Waals surface area contributed by atoms with Gasteiger partial charge in [-0.05, 0) is 31.9 Å². The summed E-state index contributed by atoms with van der Waals surface area (Å²) in [6.45, 7) is 8.00. The Bertz CT molecular complexity index is 367. The van der Waals surface area contributed by atoms with E-state index >= 15 is 0 Å². The van der Waals surface area contributed by atoms with E-state index in [-0.39, 0.29) is 0 Å². The highest BCUT2D eigenvalue weighted by Gasteiger charge is 2.09. The third-order valence-electron chi connectivity index (χ3n) is 2.34. The van der Waals surface area contributed by atoms with Gasteiger partial charge in [-0.3, -0.25) is 0 Å². The smallest absolute Gasteiger partial charge is 0.126 e. The van der Waals surface area contributed by atoms with Crippen LogP contribution in [0.3, 0.4) is 0 Å². The molecule has 15 heavy (non-hydrogen) atoms. The van der Waals surface area contributed by atoms with Gasteiger partial charge in [0.15, 0.2) is 0 Å². The van der Waals surface area contributed by atoms with Crippen molar-refractivity contribution in [2.75, 3.05) is 14.2 Å². The molecule has 0 radical (unpaired) electrons. The predicted molar refractivity (Wildman–Crippen MR) is 62.8 cm³/mol. The van der Waals surface area contributed by atoms with Gasteiger partial charge in [0.05, 0.1) is 14.2 Å². The molecule has 1 aromatic rings. The molecule has 0 aromatic heterocycles. The molecule has 0 saturated heterocycles. The fraction of sp³-hybridized carbons (Fsp3) is 0.385. The van der Waals surface area contributed by atoms with Crippen LogP contribution in [-0.2, 0) is 6.42 Å². The lowest BCUT2D eigenvalue weighted by atomic mass is 10.0. The Hall–Kier alpha value is -1.44. The van der Waals surface area contributed by atoms with Gasteiger partial charge in [-0.15, -0.1) is 0 Å². The fourth-order valence-electron chi connectivity index (χ4n) is 1.58. The monoisotopic (exact) mass is 206 g/mol. The number of hydrogen-bond donors (Lipinski definition) is 0. The highest BCUT2D eigenvalue weighted by molar-refractivity contribution is 5.47. The Morgan fingerprint density at radius 2 is 1.93 bits per heavy atom. The molecule has 0 fully saturated rings. The van der Waals surface area contributed by atoms with Crippen LogP contribution in [0.1, 0.15) is 18.1 Å². The lowest BCUT2D eigenvalue weighted by molar-refractivity contribution is 0.391. The van der Waals surface area contributed by atoms with Crippen molar-refractivity contribution in [3.05, 3.63) is 35.4 Å². The predicted octanol–water partition coefficient (Wildman–Crippen LogP) is 3.13. The first-order valence-electron chi connectivity index (χ1n) is 4.94.